The Balaban J connectivity index is 1.93. The summed E-state index contributed by atoms with van der Waals surface area (Å²) in [5.74, 6) is -0.261. The number of thioether (sulfide) groups is 1. The van der Waals surface area contributed by atoms with Gasteiger partial charge in [-0.15, -0.1) is 0 Å². The van der Waals surface area contributed by atoms with Crippen molar-refractivity contribution in [1.29, 1.82) is 0 Å². The molecule has 0 aliphatic carbocycles. The summed E-state index contributed by atoms with van der Waals surface area (Å²) >= 11 is 8.50. The van der Waals surface area contributed by atoms with Gasteiger partial charge in [-0.1, -0.05) is 24.0 Å². The molecule has 1 heterocycles. The molecule has 126 valence electrons. The van der Waals surface area contributed by atoms with Crippen molar-refractivity contribution < 1.29 is 14.8 Å². The Kier molecular flexibility index (Phi) is 5.06. The van der Waals surface area contributed by atoms with Crippen molar-refractivity contribution in [1.82, 2.24) is 0 Å². The van der Waals surface area contributed by atoms with Gasteiger partial charge >= 0.3 is 0 Å². The van der Waals surface area contributed by atoms with E-state index < -0.39 is 4.92 Å². The highest BCUT2D eigenvalue weighted by Crippen LogP contribution is 2.37. The van der Waals surface area contributed by atoms with Crippen LogP contribution in [0.4, 0.5) is 11.4 Å². The standard InChI is InChI=1S/C16H9IN2O4S2/c17-10-1-6-13(20)9(7-10)8-14-15(21)18(16(24)25-14)11-2-4-12(5-3-11)19(22)23/h1-8,20H. The van der Waals surface area contributed by atoms with Crippen LogP contribution in [-0.2, 0) is 4.79 Å². The number of hydrogen-bond acceptors (Lipinski definition) is 6. The van der Waals surface area contributed by atoms with E-state index >= 15 is 0 Å². The minimum atomic E-state index is -0.506. The molecule has 0 radical (unpaired) electrons. The van der Waals surface area contributed by atoms with Crippen molar-refractivity contribution in [3.63, 3.8) is 0 Å². The summed E-state index contributed by atoms with van der Waals surface area (Å²) in [7, 11) is 0. The van der Waals surface area contributed by atoms with Crippen molar-refractivity contribution in [2.75, 3.05) is 4.90 Å². The van der Waals surface area contributed by atoms with E-state index in [0.29, 0.717) is 20.5 Å². The molecule has 0 unspecified atom stereocenters. The topological polar surface area (TPSA) is 83.7 Å². The van der Waals surface area contributed by atoms with Crippen LogP contribution in [0.2, 0.25) is 0 Å². The first-order valence-corrected chi connectivity index (χ1v) is 9.18. The summed E-state index contributed by atoms with van der Waals surface area (Å²) < 4.78 is 1.25. The fraction of sp³-hybridized carbons (Fsp3) is 0. The molecule has 1 saturated heterocycles. The summed E-state index contributed by atoms with van der Waals surface area (Å²) in [4.78, 5) is 24.6. The minimum absolute atomic E-state index is 0.0616. The van der Waals surface area contributed by atoms with E-state index in [2.05, 4.69) is 22.6 Å². The molecule has 0 saturated carbocycles. The zero-order valence-electron chi connectivity index (χ0n) is 12.4. The van der Waals surface area contributed by atoms with E-state index in [0.717, 1.165) is 15.3 Å². The van der Waals surface area contributed by atoms with Gasteiger partial charge in [0, 0.05) is 21.3 Å². The Morgan fingerprint density at radius 1 is 1.24 bits per heavy atom. The fourth-order valence-corrected chi connectivity index (χ4v) is 4.00. The lowest BCUT2D eigenvalue weighted by Gasteiger charge is -2.13. The largest absolute Gasteiger partial charge is 0.507 e. The van der Waals surface area contributed by atoms with Crippen LogP contribution < -0.4 is 4.90 Å². The van der Waals surface area contributed by atoms with Crippen LogP contribution in [-0.4, -0.2) is 20.3 Å². The van der Waals surface area contributed by atoms with Crippen molar-refractivity contribution in [2.24, 2.45) is 0 Å². The Morgan fingerprint density at radius 3 is 2.56 bits per heavy atom. The van der Waals surface area contributed by atoms with Crippen LogP contribution in [0, 0.1) is 13.7 Å². The molecule has 6 nitrogen and oxygen atoms in total. The molecule has 1 fully saturated rings. The number of nitro groups is 1. The lowest BCUT2D eigenvalue weighted by atomic mass is 10.2. The average molecular weight is 484 g/mol. The number of carbonyl (C=O) groups is 1. The predicted molar refractivity (Wildman–Crippen MR) is 110 cm³/mol. The van der Waals surface area contributed by atoms with Gasteiger partial charge in [-0.2, -0.15) is 0 Å². The van der Waals surface area contributed by atoms with Gasteiger partial charge in [0.2, 0.25) is 0 Å². The first-order valence-electron chi connectivity index (χ1n) is 6.88. The fourth-order valence-electron chi connectivity index (χ4n) is 2.20. The van der Waals surface area contributed by atoms with E-state index in [1.54, 1.807) is 24.3 Å². The number of non-ortho nitro benzene ring substituents is 1. The van der Waals surface area contributed by atoms with Crippen LogP contribution in [0.1, 0.15) is 5.56 Å². The molecule has 0 bridgehead atoms. The van der Waals surface area contributed by atoms with Gasteiger partial charge in [0.05, 0.1) is 15.5 Å². The maximum absolute atomic E-state index is 12.7. The summed E-state index contributed by atoms with van der Waals surface area (Å²) in [6.45, 7) is 0. The Bertz CT molecular complexity index is 928. The zero-order chi connectivity index (χ0) is 18.1. The number of aromatic hydroxyl groups is 1. The van der Waals surface area contributed by atoms with E-state index in [4.69, 9.17) is 12.2 Å². The number of carbonyl (C=O) groups excluding carboxylic acids is 1. The number of nitrogens with zero attached hydrogens (tertiary/aromatic N) is 2. The van der Waals surface area contributed by atoms with E-state index in [1.165, 1.54) is 29.2 Å². The summed E-state index contributed by atoms with van der Waals surface area (Å²) in [6.07, 6.45) is 1.59. The molecular formula is C16H9IN2O4S2. The Hall–Kier alpha value is -1.98. The van der Waals surface area contributed by atoms with Gasteiger partial charge in [-0.05, 0) is 59.0 Å². The SMILES string of the molecule is O=C1C(=Cc2cc(I)ccc2O)SC(=S)N1c1ccc([N+](=O)[O-])cc1. The van der Waals surface area contributed by atoms with E-state index in [-0.39, 0.29) is 17.3 Å². The molecule has 1 aliphatic rings. The highest BCUT2D eigenvalue weighted by Gasteiger charge is 2.33. The Labute approximate surface area is 165 Å². The molecule has 1 N–H and O–H groups in total. The summed E-state index contributed by atoms with van der Waals surface area (Å²) in [5, 5.41) is 20.7. The third-order valence-electron chi connectivity index (χ3n) is 3.39. The molecule has 0 aromatic heterocycles. The number of thiocarbonyl (C=S) groups is 1. The second kappa shape index (κ2) is 7.10. The lowest BCUT2D eigenvalue weighted by Crippen LogP contribution is -2.27. The number of nitro benzene ring substituents is 1. The highest BCUT2D eigenvalue weighted by molar-refractivity contribution is 14.1. The smallest absolute Gasteiger partial charge is 0.270 e. The number of anilines is 1. The molecule has 25 heavy (non-hydrogen) atoms. The number of halogens is 1. The van der Waals surface area contributed by atoms with E-state index in [1.807, 2.05) is 0 Å². The van der Waals surface area contributed by atoms with Crippen molar-refractivity contribution >= 4 is 74.2 Å². The van der Waals surface area contributed by atoms with Crippen molar-refractivity contribution in [3.8, 4) is 5.75 Å². The second-order valence-electron chi connectivity index (χ2n) is 4.99. The molecule has 3 rings (SSSR count). The number of benzene rings is 2. The first-order chi connectivity index (χ1) is 11.9. The van der Waals surface area contributed by atoms with Crippen LogP contribution in [0.3, 0.4) is 0 Å². The third-order valence-corrected chi connectivity index (χ3v) is 5.36. The van der Waals surface area contributed by atoms with Gasteiger partial charge in [0.1, 0.15) is 5.75 Å². The van der Waals surface area contributed by atoms with Gasteiger partial charge < -0.3 is 5.11 Å². The molecular weight excluding hydrogens is 475 g/mol. The van der Waals surface area contributed by atoms with Crippen molar-refractivity contribution in [3.05, 3.63) is 66.6 Å². The maximum atomic E-state index is 12.7. The Morgan fingerprint density at radius 2 is 1.92 bits per heavy atom. The predicted octanol–water partition coefficient (Wildman–Crippen LogP) is 4.31. The van der Waals surface area contributed by atoms with E-state index in [9.17, 15) is 20.0 Å². The molecule has 9 heteroatoms. The molecule has 1 amide bonds. The second-order valence-corrected chi connectivity index (χ2v) is 7.92. The lowest BCUT2D eigenvalue weighted by molar-refractivity contribution is -0.384. The first kappa shape index (κ1) is 17.8. The minimum Gasteiger partial charge on any atom is -0.507 e. The van der Waals surface area contributed by atoms with Gasteiger partial charge in [-0.25, -0.2) is 0 Å². The van der Waals surface area contributed by atoms with Crippen LogP contribution >= 0.6 is 46.6 Å². The zero-order valence-corrected chi connectivity index (χ0v) is 16.2. The van der Waals surface area contributed by atoms with Gasteiger partial charge in [0.25, 0.3) is 11.6 Å². The molecule has 0 spiro atoms. The number of amides is 1. The van der Waals surface area contributed by atoms with Crippen LogP contribution in [0.25, 0.3) is 6.08 Å². The number of phenols is 1. The molecule has 2 aromatic rings. The highest BCUT2D eigenvalue weighted by atomic mass is 127. The maximum Gasteiger partial charge on any atom is 0.270 e. The van der Waals surface area contributed by atoms with Gasteiger partial charge in [0.15, 0.2) is 4.32 Å². The summed E-state index contributed by atoms with van der Waals surface area (Å²) in [6, 6.07) is 10.7. The van der Waals surface area contributed by atoms with Gasteiger partial charge in [-0.3, -0.25) is 19.8 Å². The number of rotatable bonds is 3. The number of phenolic OH excluding ortho intramolecular Hbond substituents is 1. The quantitative estimate of drug-likeness (QED) is 0.230. The molecule has 2 aromatic carbocycles. The summed E-state index contributed by atoms with van der Waals surface area (Å²) in [5.41, 5.74) is 0.924. The van der Waals surface area contributed by atoms with Crippen molar-refractivity contribution in [2.45, 2.75) is 0 Å². The normalized spacial score (nSPS) is 15.9. The third kappa shape index (κ3) is 3.67. The monoisotopic (exact) mass is 484 g/mol. The van der Waals surface area contributed by atoms with Crippen LogP contribution in [0.15, 0.2) is 47.4 Å². The average Bonchev–Trinajstić information content (AvgIpc) is 2.85. The van der Waals surface area contributed by atoms with Crippen LogP contribution in [0.5, 0.6) is 5.75 Å². The molecule has 1 aliphatic heterocycles. The molecule has 0 atom stereocenters. The number of hydrogen-bond donors (Lipinski definition) is 1.